The molecule has 1 aliphatic rings. The molecule has 0 amide bonds. The molecule has 0 bridgehead atoms. The van der Waals surface area contributed by atoms with Crippen molar-refractivity contribution in [3.05, 3.63) is 0 Å². The Morgan fingerprint density at radius 2 is 2.08 bits per heavy atom. The van der Waals surface area contributed by atoms with Crippen molar-refractivity contribution < 1.29 is 9.53 Å². The van der Waals surface area contributed by atoms with Crippen LogP contribution in [-0.4, -0.2) is 36.1 Å². The minimum Gasteiger partial charge on any atom is -0.468 e. The topological polar surface area (TPSA) is 29.5 Å². The molecular weight excluding hydrogens is 154 g/mol. The molecule has 0 N–H and O–H groups in total. The van der Waals surface area contributed by atoms with E-state index in [9.17, 15) is 4.79 Å². The maximum Gasteiger partial charge on any atom is 0.323 e. The minimum atomic E-state index is -0.101. The third-order valence-corrected chi connectivity index (χ3v) is 2.35. The third-order valence-electron chi connectivity index (χ3n) is 2.35. The van der Waals surface area contributed by atoms with E-state index in [0.717, 1.165) is 13.0 Å². The second kappa shape index (κ2) is 3.05. The Labute approximate surface area is 73.7 Å². The Hall–Kier alpha value is -0.570. The second-order valence-corrected chi connectivity index (χ2v) is 4.19. The fourth-order valence-electron chi connectivity index (χ4n) is 1.57. The number of likely N-dealkylation sites (tertiary alicyclic amines) is 1. The van der Waals surface area contributed by atoms with E-state index in [1.807, 2.05) is 0 Å². The van der Waals surface area contributed by atoms with Crippen molar-refractivity contribution in [2.45, 2.75) is 38.8 Å². The van der Waals surface area contributed by atoms with Crippen LogP contribution in [0.3, 0.4) is 0 Å². The molecule has 1 rings (SSSR count). The average Bonchev–Trinajstić information content (AvgIpc) is 1.80. The van der Waals surface area contributed by atoms with Crippen LogP contribution >= 0.6 is 0 Å². The maximum atomic E-state index is 11.2. The molecule has 0 spiro atoms. The zero-order chi connectivity index (χ0) is 9.35. The average molecular weight is 171 g/mol. The van der Waals surface area contributed by atoms with Crippen molar-refractivity contribution >= 4 is 5.97 Å². The molecule has 0 unspecified atom stereocenters. The summed E-state index contributed by atoms with van der Waals surface area (Å²) in [7, 11) is 1.45. The zero-order valence-corrected chi connectivity index (χ0v) is 8.26. The van der Waals surface area contributed by atoms with Crippen molar-refractivity contribution in [1.29, 1.82) is 0 Å². The van der Waals surface area contributed by atoms with E-state index in [1.165, 1.54) is 7.11 Å². The molecule has 0 aliphatic carbocycles. The van der Waals surface area contributed by atoms with E-state index >= 15 is 0 Å². The number of hydrogen-bond donors (Lipinski definition) is 0. The van der Waals surface area contributed by atoms with Gasteiger partial charge in [0, 0.05) is 12.1 Å². The first-order chi connectivity index (χ1) is 5.46. The van der Waals surface area contributed by atoms with E-state index in [4.69, 9.17) is 4.74 Å². The number of rotatable bonds is 1. The van der Waals surface area contributed by atoms with Gasteiger partial charge in [0.05, 0.1) is 7.11 Å². The van der Waals surface area contributed by atoms with Gasteiger partial charge >= 0.3 is 5.97 Å². The highest BCUT2D eigenvalue weighted by Gasteiger charge is 2.40. The molecule has 1 saturated heterocycles. The molecule has 3 nitrogen and oxygen atoms in total. The number of carbonyl (C=O) groups is 1. The SMILES string of the molecule is COC(=O)[C@H]1CCN1C(C)(C)C. The molecule has 0 aromatic rings. The summed E-state index contributed by atoms with van der Waals surface area (Å²) in [4.78, 5) is 13.4. The van der Waals surface area contributed by atoms with Crippen LogP contribution in [0.2, 0.25) is 0 Å². The summed E-state index contributed by atoms with van der Waals surface area (Å²) in [5.74, 6) is -0.101. The van der Waals surface area contributed by atoms with E-state index in [1.54, 1.807) is 0 Å². The second-order valence-electron chi connectivity index (χ2n) is 4.19. The molecule has 3 heteroatoms. The Morgan fingerprint density at radius 1 is 1.50 bits per heavy atom. The van der Waals surface area contributed by atoms with Gasteiger partial charge in [-0.2, -0.15) is 0 Å². The summed E-state index contributed by atoms with van der Waals surface area (Å²) >= 11 is 0. The van der Waals surface area contributed by atoms with Gasteiger partial charge in [-0.1, -0.05) is 0 Å². The lowest BCUT2D eigenvalue weighted by molar-refractivity contribution is -0.156. The Kier molecular flexibility index (Phi) is 2.42. The van der Waals surface area contributed by atoms with Gasteiger partial charge < -0.3 is 4.74 Å². The first kappa shape index (κ1) is 9.52. The smallest absolute Gasteiger partial charge is 0.323 e. The van der Waals surface area contributed by atoms with Crippen LogP contribution in [0.15, 0.2) is 0 Å². The van der Waals surface area contributed by atoms with Crippen LogP contribution in [-0.2, 0) is 9.53 Å². The fraction of sp³-hybridized carbons (Fsp3) is 0.889. The summed E-state index contributed by atoms with van der Waals surface area (Å²) in [6.07, 6.45) is 0.934. The van der Waals surface area contributed by atoms with Gasteiger partial charge in [0.25, 0.3) is 0 Å². The highest BCUT2D eigenvalue weighted by molar-refractivity contribution is 5.76. The largest absolute Gasteiger partial charge is 0.468 e. The molecule has 12 heavy (non-hydrogen) atoms. The minimum absolute atomic E-state index is 0.00463. The Bertz CT molecular complexity index is 183. The maximum absolute atomic E-state index is 11.2. The standard InChI is InChI=1S/C9H17NO2/c1-9(2,3)10-6-5-7(10)8(11)12-4/h7H,5-6H2,1-4H3/t7-/m1/s1. The molecule has 70 valence electrons. The number of methoxy groups -OCH3 is 1. The molecule has 0 aromatic carbocycles. The van der Waals surface area contributed by atoms with Gasteiger partial charge in [-0.3, -0.25) is 9.69 Å². The van der Waals surface area contributed by atoms with Gasteiger partial charge in [0.1, 0.15) is 6.04 Å². The number of ether oxygens (including phenoxy) is 1. The lowest BCUT2D eigenvalue weighted by Gasteiger charge is -2.47. The zero-order valence-electron chi connectivity index (χ0n) is 8.26. The van der Waals surface area contributed by atoms with Crippen molar-refractivity contribution in [3.63, 3.8) is 0 Å². The molecule has 0 aromatic heterocycles. The van der Waals surface area contributed by atoms with Crippen LogP contribution in [0, 0.1) is 0 Å². The molecule has 1 heterocycles. The van der Waals surface area contributed by atoms with Gasteiger partial charge in [-0.25, -0.2) is 0 Å². The molecule has 0 radical (unpaired) electrons. The van der Waals surface area contributed by atoms with Crippen molar-refractivity contribution in [3.8, 4) is 0 Å². The van der Waals surface area contributed by atoms with Gasteiger partial charge in [0.15, 0.2) is 0 Å². The molecule has 1 aliphatic heterocycles. The van der Waals surface area contributed by atoms with Crippen LogP contribution in [0.25, 0.3) is 0 Å². The summed E-state index contributed by atoms with van der Waals surface area (Å²) in [5, 5.41) is 0. The van der Waals surface area contributed by atoms with Crippen molar-refractivity contribution in [2.75, 3.05) is 13.7 Å². The number of hydrogen-bond acceptors (Lipinski definition) is 3. The van der Waals surface area contributed by atoms with E-state index in [-0.39, 0.29) is 17.6 Å². The van der Waals surface area contributed by atoms with Gasteiger partial charge in [-0.05, 0) is 27.2 Å². The number of carbonyl (C=O) groups excluding carboxylic acids is 1. The normalized spacial score (nSPS) is 24.8. The highest BCUT2D eigenvalue weighted by Crippen LogP contribution is 2.27. The predicted molar refractivity (Wildman–Crippen MR) is 46.9 cm³/mol. The monoisotopic (exact) mass is 171 g/mol. The summed E-state index contributed by atoms with van der Waals surface area (Å²) in [6.45, 7) is 7.34. The van der Waals surface area contributed by atoms with E-state index in [0.29, 0.717) is 0 Å². The predicted octanol–water partition coefficient (Wildman–Crippen LogP) is 1.03. The van der Waals surface area contributed by atoms with Gasteiger partial charge in [-0.15, -0.1) is 0 Å². The summed E-state index contributed by atoms with van der Waals surface area (Å²) in [5.41, 5.74) is 0.0805. The first-order valence-corrected chi connectivity index (χ1v) is 4.31. The molecule has 0 saturated carbocycles. The summed E-state index contributed by atoms with van der Waals surface area (Å²) in [6, 6.07) is -0.00463. The number of esters is 1. The van der Waals surface area contributed by atoms with E-state index < -0.39 is 0 Å². The molecular formula is C9H17NO2. The van der Waals surface area contributed by atoms with E-state index in [2.05, 4.69) is 25.7 Å². The van der Waals surface area contributed by atoms with Crippen molar-refractivity contribution in [1.82, 2.24) is 4.90 Å². The quantitative estimate of drug-likeness (QED) is 0.552. The third kappa shape index (κ3) is 1.61. The van der Waals surface area contributed by atoms with Crippen LogP contribution in [0.5, 0.6) is 0 Å². The lowest BCUT2D eigenvalue weighted by Crippen LogP contribution is -2.60. The highest BCUT2D eigenvalue weighted by atomic mass is 16.5. The number of nitrogens with zero attached hydrogens (tertiary/aromatic N) is 1. The van der Waals surface area contributed by atoms with Crippen LogP contribution < -0.4 is 0 Å². The van der Waals surface area contributed by atoms with Crippen LogP contribution in [0.1, 0.15) is 27.2 Å². The Morgan fingerprint density at radius 3 is 2.33 bits per heavy atom. The first-order valence-electron chi connectivity index (χ1n) is 4.31. The molecule has 1 fully saturated rings. The summed E-state index contributed by atoms with van der Waals surface area (Å²) < 4.78 is 4.70. The van der Waals surface area contributed by atoms with Crippen molar-refractivity contribution in [2.24, 2.45) is 0 Å². The fourth-order valence-corrected chi connectivity index (χ4v) is 1.57. The Balaban J connectivity index is 2.55. The lowest BCUT2D eigenvalue weighted by atomic mass is 9.93. The molecule has 1 atom stereocenters. The van der Waals surface area contributed by atoms with Gasteiger partial charge in [0.2, 0.25) is 0 Å². The van der Waals surface area contributed by atoms with Crippen LogP contribution in [0.4, 0.5) is 0 Å².